The molecular formula is C14H21N3O. The Labute approximate surface area is 108 Å². The van der Waals surface area contributed by atoms with E-state index < -0.39 is 0 Å². The third-order valence-electron chi connectivity index (χ3n) is 3.45. The van der Waals surface area contributed by atoms with Crippen LogP contribution in [-0.2, 0) is 4.79 Å². The molecule has 1 fully saturated rings. The quantitative estimate of drug-likeness (QED) is 0.887. The first kappa shape index (κ1) is 13.0. The molecule has 2 rings (SSSR count). The molecule has 0 bridgehead atoms. The van der Waals surface area contributed by atoms with Crippen LogP contribution in [0, 0.1) is 0 Å². The standard InChI is InChI=1S/C14H21N3O/c1-2-10-17-13(18)8-5-6-11(15)14(17)12-7-3-4-9-16-12/h3-4,7,9,11,14H,2,5-6,8,10,15H2,1H3. The molecule has 4 heteroatoms. The topological polar surface area (TPSA) is 59.2 Å². The van der Waals surface area contributed by atoms with Crippen LogP contribution in [-0.4, -0.2) is 28.4 Å². The van der Waals surface area contributed by atoms with Crippen LogP contribution < -0.4 is 5.73 Å². The van der Waals surface area contributed by atoms with Gasteiger partial charge < -0.3 is 10.6 Å². The van der Waals surface area contributed by atoms with Gasteiger partial charge in [0.15, 0.2) is 0 Å². The van der Waals surface area contributed by atoms with Crippen LogP contribution in [0.15, 0.2) is 24.4 Å². The third-order valence-corrected chi connectivity index (χ3v) is 3.45. The fraction of sp³-hybridized carbons (Fsp3) is 0.571. The molecule has 2 heterocycles. The van der Waals surface area contributed by atoms with E-state index in [-0.39, 0.29) is 18.0 Å². The third kappa shape index (κ3) is 2.70. The van der Waals surface area contributed by atoms with Crippen LogP contribution in [0.3, 0.4) is 0 Å². The summed E-state index contributed by atoms with van der Waals surface area (Å²) in [6.45, 7) is 2.84. The van der Waals surface area contributed by atoms with Gasteiger partial charge in [-0.15, -0.1) is 0 Å². The predicted molar refractivity (Wildman–Crippen MR) is 70.8 cm³/mol. The maximum absolute atomic E-state index is 12.2. The predicted octanol–water partition coefficient (Wildman–Crippen LogP) is 1.87. The molecule has 4 nitrogen and oxygen atoms in total. The number of hydrogen-bond donors (Lipinski definition) is 1. The van der Waals surface area contributed by atoms with E-state index in [1.807, 2.05) is 23.1 Å². The van der Waals surface area contributed by atoms with E-state index >= 15 is 0 Å². The van der Waals surface area contributed by atoms with E-state index in [1.54, 1.807) is 6.20 Å². The Morgan fingerprint density at radius 1 is 1.50 bits per heavy atom. The number of nitrogens with zero attached hydrogens (tertiary/aromatic N) is 2. The van der Waals surface area contributed by atoms with E-state index in [9.17, 15) is 4.79 Å². The van der Waals surface area contributed by atoms with Gasteiger partial charge in [-0.2, -0.15) is 0 Å². The zero-order valence-electron chi connectivity index (χ0n) is 10.9. The van der Waals surface area contributed by atoms with Gasteiger partial charge in [-0.05, 0) is 31.4 Å². The Morgan fingerprint density at radius 3 is 3.00 bits per heavy atom. The highest BCUT2D eigenvalue weighted by Gasteiger charge is 2.32. The smallest absolute Gasteiger partial charge is 0.223 e. The maximum atomic E-state index is 12.2. The minimum Gasteiger partial charge on any atom is -0.333 e. The molecule has 0 aliphatic carbocycles. The van der Waals surface area contributed by atoms with Crippen molar-refractivity contribution in [1.82, 2.24) is 9.88 Å². The summed E-state index contributed by atoms with van der Waals surface area (Å²) in [5.41, 5.74) is 7.17. The molecule has 0 radical (unpaired) electrons. The van der Waals surface area contributed by atoms with Gasteiger partial charge in [-0.3, -0.25) is 9.78 Å². The van der Waals surface area contributed by atoms with Gasteiger partial charge in [0.1, 0.15) is 0 Å². The van der Waals surface area contributed by atoms with Crippen LogP contribution in [0.25, 0.3) is 0 Å². The normalized spacial score (nSPS) is 25.0. The number of carbonyl (C=O) groups is 1. The van der Waals surface area contributed by atoms with Gasteiger partial charge in [0.25, 0.3) is 0 Å². The molecule has 0 saturated carbocycles. The molecule has 1 aliphatic rings. The van der Waals surface area contributed by atoms with Gasteiger partial charge >= 0.3 is 0 Å². The highest BCUT2D eigenvalue weighted by molar-refractivity contribution is 5.77. The largest absolute Gasteiger partial charge is 0.333 e. The molecule has 2 N–H and O–H groups in total. The second-order valence-corrected chi connectivity index (χ2v) is 4.84. The lowest BCUT2D eigenvalue weighted by Crippen LogP contribution is -2.42. The van der Waals surface area contributed by atoms with E-state index in [0.717, 1.165) is 31.5 Å². The molecule has 1 amide bonds. The van der Waals surface area contributed by atoms with Gasteiger partial charge in [0.05, 0.1) is 11.7 Å². The lowest BCUT2D eigenvalue weighted by molar-refractivity contribution is -0.133. The number of carbonyl (C=O) groups excluding carboxylic acids is 1. The fourth-order valence-electron chi connectivity index (χ4n) is 2.61. The molecule has 1 aromatic rings. The Balaban J connectivity index is 2.33. The highest BCUT2D eigenvalue weighted by atomic mass is 16.2. The zero-order chi connectivity index (χ0) is 13.0. The highest BCUT2D eigenvalue weighted by Crippen LogP contribution is 2.28. The van der Waals surface area contributed by atoms with Crippen molar-refractivity contribution in [1.29, 1.82) is 0 Å². The Kier molecular flexibility index (Phi) is 4.31. The average molecular weight is 247 g/mol. The first-order chi connectivity index (χ1) is 8.74. The summed E-state index contributed by atoms with van der Waals surface area (Å²) >= 11 is 0. The summed E-state index contributed by atoms with van der Waals surface area (Å²) in [6, 6.07) is 5.72. The van der Waals surface area contributed by atoms with Crippen LogP contribution in [0.5, 0.6) is 0 Å². The van der Waals surface area contributed by atoms with Crippen molar-refractivity contribution >= 4 is 5.91 Å². The molecular weight excluding hydrogens is 226 g/mol. The summed E-state index contributed by atoms with van der Waals surface area (Å²) in [5, 5.41) is 0. The summed E-state index contributed by atoms with van der Waals surface area (Å²) in [6.07, 6.45) is 5.08. The van der Waals surface area contributed by atoms with Crippen molar-refractivity contribution in [3.05, 3.63) is 30.1 Å². The second kappa shape index (κ2) is 5.96. The summed E-state index contributed by atoms with van der Waals surface area (Å²) < 4.78 is 0. The average Bonchev–Trinajstić information content (AvgIpc) is 2.51. The lowest BCUT2D eigenvalue weighted by atomic mass is 10.0. The second-order valence-electron chi connectivity index (χ2n) is 4.84. The number of pyridine rings is 1. The van der Waals surface area contributed by atoms with Crippen molar-refractivity contribution in [2.75, 3.05) is 6.54 Å². The first-order valence-corrected chi connectivity index (χ1v) is 6.70. The zero-order valence-corrected chi connectivity index (χ0v) is 10.9. The maximum Gasteiger partial charge on any atom is 0.223 e. The minimum atomic E-state index is -0.0684. The van der Waals surface area contributed by atoms with Crippen molar-refractivity contribution in [3.8, 4) is 0 Å². The van der Waals surface area contributed by atoms with Crippen molar-refractivity contribution in [2.45, 2.75) is 44.7 Å². The van der Waals surface area contributed by atoms with E-state index in [4.69, 9.17) is 5.73 Å². The van der Waals surface area contributed by atoms with Crippen LogP contribution in [0.4, 0.5) is 0 Å². The SMILES string of the molecule is CCCN1C(=O)CCCC(N)C1c1ccccn1. The van der Waals surface area contributed by atoms with Crippen LogP contribution >= 0.6 is 0 Å². The number of nitrogens with two attached hydrogens (primary N) is 1. The van der Waals surface area contributed by atoms with Gasteiger partial charge in [-0.25, -0.2) is 0 Å². The van der Waals surface area contributed by atoms with E-state index in [0.29, 0.717) is 6.42 Å². The molecule has 98 valence electrons. The number of rotatable bonds is 3. The molecule has 0 spiro atoms. The molecule has 2 atom stereocenters. The molecule has 0 aromatic carbocycles. The van der Waals surface area contributed by atoms with Crippen molar-refractivity contribution in [3.63, 3.8) is 0 Å². The summed E-state index contributed by atoms with van der Waals surface area (Å²) in [7, 11) is 0. The number of hydrogen-bond acceptors (Lipinski definition) is 3. The van der Waals surface area contributed by atoms with Crippen LogP contribution in [0.2, 0.25) is 0 Å². The monoisotopic (exact) mass is 247 g/mol. The van der Waals surface area contributed by atoms with Gasteiger partial charge in [-0.1, -0.05) is 13.0 Å². The Bertz CT molecular complexity index is 393. The minimum absolute atomic E-state index is 0.0158. The molecule has 18 heavy (non-hydrogen) atoms. The Morgan fingerprint density at radius 2 is 2.33 bits per heavy atom. The molecule has 1 aliphatic heterocycles. The van der Waals surface area contributed by atoms with E-state index in [1.165, 1.54) is 0 Å². The van der Waals surface area contributed by atoms with Crippen molar-refractivity contribution < 1.29 is 4.79 Å². The van der Waals surface area contributed by atoms with Gasteiger partial charge in [0.2, 0.25) is 5.91 Å². The van der Waals surface area contributed by atoms with Crippen LogP contribution in [0.1, 0.15) is 44.3 Å². The Hall–Kier alpha value is -1.42. The number of amides is 1. The summed E-state index contributed by atoms with van der Waals surface area (Å²) in [4.78, 5) is 18.5. The number of aromatic nitrogens is 1. The molecule has 1 aromatic heterocycles. The molecule has 1 saturated heterocycles. The first-order valence-electron chi connectivity index (χ1n) is 6.70. The number of likely N-dealkylation sites (tertiary alicyclic amines) is 1. The lowest BCUT2D eigenvalue weighted by Gasteiger charge is -2.33. The van der Waals surface area contributed by atoms with E-state index in [2.05, 4.69) is 11.9 Å². The van der Waals surface area contributed by atoms with Gasteiger partial charge in [0, 0.05) is 25.2 Å². The van der Waals surface area contributed by atoms with Crippen molar-refractivity contribution in [2.24, 2.45) is 5.73 Å². The molecule has 2 unspecified atom stereocenters. The fourth-order valence-corrected chi connectivity index (χ4v) is 2.61. The summed E-state index contributed by atoms with van der Waals surface area (Å²) in [5.74, 6) is 0.209.